The number of pyridine rings is 1. The van der Waals surface area contributed by atoms with Crippen molar-refractivity contribution in [2.45, 2.75) is 26.7 Å². The number of fused-ring (bicyclic) bond motifs is 1. The third-order valence-electron chi connectivity index (χ3n) is 3.90. The van der Waals surface area contributed by atoms with Crippen LogP contribution in [0.2, 0.25) is 0 Å². The fourth-order valence-electron chi connectivity index (χ4n) is 2.57. The average molecular weight is 343 g/mol. The fourth-order valence-corrected chi connectivity index (χ4v) is 3.83. The van der Waals surface area contributed by atoms with Gasteiger partial charge in [-0.15, -0.1) is 0 Å². The SMILES string of the molecule is CCCCS(=O)(=O)Nc1ccc(-c2cn3cccc(C)c3n2)cc1. The second-order valence-electron chi connectivity index (χ2n) is 5.90. The summed E-state index contributed by atoms with van der Waals surface area (Å²) in [5.41, 5.74) is 4.44. The minimum atomic E-state index is -3.27. The van der Waals surface area contributed by atoms with Crippen LogP contribution in [-0.2, 0) is 10.0 Å². The van der Waals surface area contributed by atoms with Gasteiger partial charge in [0.2, 0.25) is 10.0 Å². The Morgan fingerprint density at radius 1 is 1.17 bits per heavy atom. The summed E-state index contributed by atoms with van der Waals surface area (Å²) in [5.74, 6) is 0.150. The first-order valence-electron chi connectivity index (χ1n) is 8.04. The van der Waals surface area contributed by atoms with E-state index in [-0.39, 0.29) is 5.75 Å². The number of rotatable bonds is 6. The molecule has 0 atom stereocenters. The molecular formula is C18H21N3O2S. The first kappa shape index (κ1) is 16.5. The van der Waals surface area contributed by atoms with Crippen LogP contribution >= 0.6 is 0 Å². The van der Waals surface area contributed by atoms with Crippen LogP contribution in [0.3, 0.4) is 0 Å². The van der Waals surface area contributed by atoms with Gasteiger partial charge in [0.15, 0.2) is 0 Å². The molecule has 0 aliphatic heterocycles. The number of nitrogens with zero attached hydrogens (tertiary/aromatic N) is 2. The lowest BCUT2D eigenvalue weighted by molar-refractivity contribution is 0.598. The Bertz CT molecular complexity index is 944. The van der Waals surface area contributed by atoms with E-state index in [0.29, 0.717) is 12.1 Å². The summed E-state index contributed by atoms with van der Waals surface area (Å²) < 4.78 is 28.5. The topological polar surface area (TPSA) is 63.5 Å². The molecule has 1 aromatic carbocycles. The van der Waals surface area contributed by atoms with Gasteiger partial charge in [-0.25, -0.2) is 13.4 Å². The molecule has 1 N–H and O–H groups in total. The quantitative estimate of drug-likeness (QED) is 0.739. The molecule has 0 amide bonds. The summed E-state index contributed by atoms with van der Waals surface area (Å²) in [6.45, 7) is 4.00. The standard InChI is InChI=1S/C18H21N3O2S/c1-3-4-12-24(22,23)20-16-9-7-15(8-10-16)17-13-21-11-5-6-14(2)18(21)19-17/h5-11,13,20H,3-4,12H2,1-2H3. The summed E-state index contributed by atoms with van der Waals surface area (Å²) in [7, 11) is -3.27. The molecule has 0 aliphatic rings. The highest BCUT2D eigenvalue weighted by molar-refractivity contribution is 7.92. The number of unbranched alkanes of at least 4 members (excludes halogenated alkanes) is 1. The van der Waals surface area contributed by atoms with E-state index in [1.165, 1.54) is 0 Å². The van der Waals surface area contributed by atoms with Crippen LogP contribution in [0.25, 0.3) is 16.9 Å². The highest BCUT2D eigenvalue weighted by atomic mass is 32.2. The third-order valence-corrected chi connectivity index (χ3v) is 5.27. The molecule has 126 valence electrons. The molecule has 2 aromatic heterocycles. The van der Waals surface area contributed by atoms with E-state index in [1.54, 1.807) is 12.1 Å². The van der Waals surface area contributed by atoms with E-state index in [4.69, 9.17) is 0 Å². The van der Waals surface area contributed by atoms with Crippen molar-refractivity contribution < 1.29 is 8.42 Å². The van der Waals surface area contributed by atoms with E-state index >= 15 is 0 Å². The Morgan fingerprint density at radius 2 is 1.92 bits per heavy atom. The molecule has 0 aliphatic carbocycles. The number of benzene rings is 1. The Balaban J connectivity index is 1.82. The van der Waals surface area contributed by atoms with Crippen molar-refractivity contribution in [1.29, 1.82) is 0 Å². The summed E-state index contributed by atoms with van der Waals surface area (Å²) in [6, 6.07) is 11.3. The van der Waals surface area contributed by atoms with Crippen LogP contribution in [0.5, 0.6) is 0 Å². The highest BCUT2D eigenvalue weighted by Gasteiger charge is 2.10. The lowest BCUT2D eigenvalue weighted by Crippen LogP contribution is -2.16. The van der Waals surface area contributed by atoms with Gasteiger partial charge in [-0.3, -0.25) is 4.72 Å². The number of sulfonamides is 1. The summed E-state index contributed by atoms with van der Waals surface area (Å²) in [4.78, 5) is 4.65. The van der Waals surface area contributed by atoms with Gasteiger partial charge in [0, 0.05) is 23.6 Å². The molecule has 24 heavy (non-hydrogen) atoms. The minimum absolute atomic E-state index is 0.150. The van der Waals surface area contributed by atoms with E-state index < -0.39 is 10.0 Å². The molecule has 0 saturated heterocycles. The normalized spacial score (nSPS) is 11.8. The number of imidazole rings is 1. The van der Waals surface area contributed by atoms with Crippen LogP contribution in [0.1, 0.15) is 25.3 Å². The summed E-state index contributed by atoms with van der Waals surface area (Å²) >= 11 is 0. The zero-order valence-corrected chi connectivity index (χ0v) is 14.7. The van der Waals surface area contributed by atoms with Gasteiger partial charge in [0.1, 0.15) is 5.65 Å². The number of anilines is 1. The van der Waals surface area contributed by atoms with Crippen LogP contribution in [0.4, 0.5) is 5.69 Å². The zero-order chi connectivity index (χ0) is 17.2. The van der Waals surface area contributed by atoms with E-state index in [2.05, 4.69) is 9.71 Å². The number of nitrogens with one attached hydrogen (secondary N) is 1. The van der Waals surface area contributed by atoms with Gasteiger partial charge >= 0.3 is 0 Å². The van der Waals surface area contributed by atoms with Crippen LogP contribution in [0.15, 0.2) is 48.8 Å². The number of aromatic nitrogens is 2. The van der Waals surface area contributed by atoms with Crippen molar-refractivity contribution >= 4 is 21.4 Å². The Labute approximate surface area is 142 Å². The molecule has 0 bridgehead atoms. The molecular weight excluding hydrogens is 322 g/mol. The van der Waals surface area contributed by atoms with Gasteiger partial charge < -0.3 is 4.40 Å². The number of hydrogen-bond donors (Lipinski definition) is 1. The molecule has 3 rings (SSSR count). The first-order chi connectivity index (χ1) is 11.5. The maximum absolute atomic E-state index is 11.9. The zero-order valence-electron chi connectivity index (χ0n) is 13.9. The van der Waals surface area contributed by atoms with Crippen molar-refractivity contribution in [2.75, 3.05) is 10.5 Å². The van der Waals surface area contributed by atoms with Crippen LogP contribution < -0.4 is 4.72 Å². The third kappa shape index (κ3) is 3.59. The summed E-state index contributed by atoms with van der Waals surface area (Å²) in [6.07, 6.45) is 5.46. The number of aryl methyl sites for hydroxylation is 1. The van der Waals surface area contributed by atoms with Crippen molar-refractivity contribution in [1.82, 2.24) is 9.38 Å². The Kier molecular flexibility index (Phi) is 4.57. The Hall–Kier alpha value is -2.34. The lowest BCUT2D eigenvalue weighted by atomic mass is 10.1. The summed E-state index contributed by atoms with van der Waals surface area (Å²) in [5, 5.41) is 0. The Morgan fingerprint density at radius 3 is 2.58 bits per heavy atom. The van der Waals surface area contributed by atoms with Gasteiger partial charge in [-0.2, -0.15) is 0 Å². The molecule has 3 aromatic rings. The van der Waals surface area contributed by atoms with Crippen molar-refractivity contribution in [3.63, 3.8) is 0 Å². The predicted octanol–water partition coefficient (Wildman–Crippen LogP) is 3.85. The first-order valence-corrected chi connectivity index (χ1v) is 9.69. The largest absolute Gasteiger partial charge is 0.306 e. The molecule has 2 heterocycles. The maximum atomic E-state index is 11.9. The lowest BCUT2D eigenvalue weighted by Gasteiger charge is -2.07. The maximum Gasteiger partial charge on any atom is 0.232 e. The molecule has 6 heteroatoms. The van der Waals surface area contributed by atoms with Crippen LogP contribution in [-0.4, -0.2) is 23.6 Å². The molecule has 0 spiro atoms. The molecule has 5 nitrogen and oxygen atoms in total. The van der Waals surface area contributed by atoms with Crippen molar-refractivity contribution in [2.24, 2.45) is 0 Å². The highest BCUT2D eigenvalue weighted by Crippen LogP contribution is 2.23. The number of hydrogen-bond acceptors (Lipinski definition) is 3. The second-order valence-corrected chi connectivity index (χ2v) is 7.74. The van der Waals surface area contributed by atoms with Gasteiger partial charge in [0.25, 0.3) is 0 Å². The smallest absolute Gasteiger partial charge is 0.232 e. The fraction of sp³-hybridized carbons (Fsp3) is 0.278. The van der Waals surface area contributed by atoms with E-state index in [1.807, 2.05) is 54.9 Å². The van der Waals surface area contributed by atoms with Gasteiger partial charge in [0.05, 0.1) is 11.4 Å². The monoisotopic (exact) mass is 343 g/mol. The van der Waals surface area contributed by atoms with Gasteiger partial charge in [-0.05, 0) is 37.1 Å². The predicted molar refractivity (Wildman–Crippen MR) is 97.7 cm³/mol. The van der Waals surface area contributed by atoms with E-state index in [9.17, 15) is 8.42 Å². The van der Waals surface area contributed by atoms with Crippen LogP contribution in [0, 0.1) is 6.92 Å². The average Bonchev–Trinajstić information content (AvgIpc) is 2.99. The van der Waals surface area contributed by atoms with Crippen molar-refractivity contribution in [3.8, 4) is 11.3 Å². The van der Waals surface area contributed by atoms with Gasteiger partial charge in [-0.1, -0.05) is 31.5 Å². The molecule has 0 unspecified atom stereocenters. The minimum Gasteiger partial charge on any atom is -0.306 e. The van der Waals surface area contributed by atoms with Crippen molar-refractivity contribution in [3.05, 3.63) is 54.4 Å². The van der Waals surface area contributed by atoms with E-state index in [0.717, 1.165) is 28.9 Å². The molecule has 0 fully saturated rings. The molecule has 0 saturated carbocycles. The second kappa shape index (κ2) is 6.65. The molecule has 0 radical (unpaired) electrons.